The van der Waals surface area contributed by atoms with Crippen LogP contribution in [0.15, 0.2) is 24.3 Å². The van der Waals surface area contributed by atoms with E-state index in [1.54, 1.807) is 7.11 Å². The molecule has 1 aliphatic rings. The number of hydrogen-bond acceptors (Lipinski definition) is 4. The predicted octanol–water partition coefficient (Wildman–Crippen LogP) is 1.76. The van der Waals surface area contributed by atoms with Gasteiger partial charge in [0.1, 0.15) is 18.5 Å². The molecule has 2 rings (SSSR count). The Balaban J connectivity index is 2.08. The first-order valence-electron chi connectivity index (χ1n) is 6.42. The summed E-state index contributed by atoms with van der Waals surface area (Å²) in [5.41, 5.74) is 1.17. The number of likely N-dealkylation sites (N-methyl/N-ethyl adjacent to an activating group) is 1. The molecule has 1 N–H and O–H groups in total. The van der Waals surface area contributed by atoms with E-state index in [2.05, 4.69) is 18.3 Å². The van der Waals surface area contributed by atoms with Crippen LogP contribution in [-0.2, 0) is 9.47 Å². The molecule has 100 valence electrons. The van der Waals surface area contributed by atoms with E-state index in [0.29, 0.717) is 19.8 Å². The van der Waals surface area contributed by atoms with Gasteiger partial charge in [0.2, 0.25) is 0 Å². The molecule has 0 aliphatic carbocycles. The van der Waals surface area contributed by atoms with Crippen molar-refractivity contribution in [3.05, 3.63) is 29.8 Å². The molecule has 0 aromatic heterocycles. The molecule has 2 atom stereocenters. The molecule has 1 aromatic carbocycles. The summed E-state index contributed by atoms with van der Waals surface area (Å²) >= 11 is 0. The molecule has 18 heavy (non-hydrogen) atoms. The van der Waals surface area contributed by atoms with E-state index in [1.165, 1.54) is 5.56 Å². The van der Waals surface area contributed by atoms with Gasteiger partial charge >= 0.3 is 0 Å². The van der Waals surface area contributed by atoms with Crippen LogP contribution < -0.4 is 10.1 Å². The van der Waals surface area contributed by atoms with Crippen LogP contribution in [0, 0.1) is 0 Å². The van der Waals surface area contributed by atoms with Crippen molar-refractivity contribution in [3.63, 3.8) is 0 Å². The predicted molar refractivity (Wildman–Crippen MR) is 70.0 cm³/mol. The highest BCUT2D eigenvalue weighted by molar-refractivity contribution is 5.38. The summed E-state index contributed by atoms with van der Waals surface area (Å²) in [6, 6.07) is 8.31. The number of para-hydroxylation sites is 1. The average Bonchev–Trinajstić information content (AvgIpc) is 2.41. The van der Waals surface area contributed by atoms with Crippen LogP contribution in [0.1, 0.15) is 18.5 Å². The first-order chi connectivity index (χ1) is 8.86. The summed E-state index contributed by atoms with van der Waals surface area (Å²) in [6.07, 6.45) is 0.0370. The van der Waals surface area contributed by atoms with E-state index in [-0.39, 0.29) is 12.1 Å². The highest BCUT2D eigenvalue weighted by Gasteiger charge is 2.30. The zero-order valence-corrected chi connectivity index (χ0v) is 11.0. The molecule has 0 saturated carbocycles. The Morgan fingerprint density at radius 1 is 1.33 bits per heavy atom. The lowest BCUT2D eigenvalue weighted by atomic mass is 9.98. The Bertz CT molecular complexity index is 370. The van der Waals surface area contributed by atoms with Gasteiger partial charge in [0.05, 0.1) is 19.3 Å². The standard InChI is InChI=1S/C14H21NO3/c1-3-15-14-11-6-4-5-7-12(11)18-10-13(14)17-9-8-16-2/h4-7,13-15H,3,8-10H2,1-2H3. The minimum absolute atomic E-state index is 0.0370. The van der Waals surface area contributed by atoms with E-state index in [1.807, 2.05) is 18.2 Å². The first-order valence-corrected chi connectivity index (χ1v) is 6.42. The maximum absolute atomic E-state index is 5.83. The van der Waals surface area contributed by atoms with Gasteiger partial charge in [0, 0.05) is 12.7 Å². The van der Waals surface area contributed by atoms with Crippen LogP contribution >= 0.6 is 0 Å². The van der Waals surface area contributed by atoms with Gasteiger partial charge in [-0.1, -0.05) is 25.1 Å². The van der Waals surface area contributed by atoms with E-state index in [9.17, 15) is 0 Å². The van der Waals surface area contributed by atoms with Gasteiger partial charge in [0.25, 0.3) is 0 Å². The van der Waals surface area contributed by atoms with Crippen molar-refractivity contribution in [2.45, 2.75) is 19.1 Å². The second-order valence-corrected chi connectivity index (χ2v) is 4.29. The van der Waals surface area contributed by atoms with Crippen LogP contribution in [-0.4, -0.2) is 39.6 Å². The largest absolute Gasteiger partial charge is 0.490 e. The van der Waals surface area contributed by atoms with E-state index in [4.69, 9.17) is 14.2 Å². The molecule has 1 aliphatic heterocycles. The molecule has 0 saturated heterocycles. The lowest BCUT2D eigenvalue weighted by Crippen LogP contribution is -2.41. The molecule has 0 fully saturated rings. The maximum atomic E-state index is 5.83. The average molecular weight is 251 g/mol. The minimum atomic E-state index is 0.0370. The van der Waals surface area contributed by atoms with E-state index < -0.39 is 0 Å². The molecule has 0 amide bonds. The topological polar surface area (TPSA) is 39.7 Å². The molecule has 4 nitrogen and oxygen atoms in total. The zero-order chi connectivity index (χ0) is 12.8. The lowest BCUT2D eigenvalue weighted by molar-refractivity contribution is -0.0334. The smallest absolute Gasteiger partial charge is 0.124 e. The number of rotatable bonds is 6. The number of hydrogen-bond donors (Lipinski definition) is 1. The number of nitrogens with one attached hydrogen (secondary N) is 1. The fourth-order valence-electron chi connectivity index (χ4n) is 2.23. The van der Waals surface area contributed by atoms with Gasteiger partial charge in [-0.15, -0.1) is 0 Å². The van der Waals surface area contributed by atoms with Gasteiger partial charge in [0.15, 0.2) is 0 Å². The summed E-state index contributed by atoms with van der Waals surface area (Å²) in [7, 11) is 1.68. The van der Waals surface area contributed by atoms with Crippen molar-refractivity contribution < 1.29 is 14.2 Å². The van der Waals surface area contributed by atoms with Crippen LogP contribution in [0.5, 0.6) is 5.75 Å². The Hall–Kier alpha value is -1.10. The Labute approximate surface area is 108 Å². The van der Waals surface area contributed by atoms with Crippen LogP contribution in [0.25, 0.3) is 0 Å². The Morgan fingerprint density at radius 3 is 2.94 bits per heavy atom. The molecule has 0 bridgehead atoms. The minimum Gasteiger partial charge on any atom is -0.490 e. The molecule has 4 heteroatoms. The van der Waals surface area contributed by atoms with Gasteiger partial charge < -0.3 is 19.5 Å². The van der Waals surface area contributed by atoms with E-state index >= 15 is 0 Å². The second kappa shape index (κ2) is 6.73. The highest BCUT2D eigenvalue weighted by Crippen LogP contribution is 2.33. The third-order valence-electron chi connectivity index (χ3n) is 3.07. The fourth-order valence-corrected chi connectivity index (χ4v) is 2.23. The Morgan fingerprint density at radius 2 is 2.17 bits per heavy atom. The molecule has 1 aromatic rings. The zero-order valence-electron chi connectivity index (χ0n) is 11.0. The molecule has 0 radical (unpaired) electrons. The lowest BCUT2D eigenvalue weighted by Gasteiger charge is -2.33. The monoisotopic (exact) mass is 251 g/mol. The number of methoxy groups -OCH3 is 1. The Kier molecular flexibility index (Phi) is 4.99. The molecule has 0 spiro atoms. The summed E-state index contributed by atoms with van der Waals surface area (Å²) in [5, 5.41) is 3.47. The van der Waals surface area contributed by atoms with Gasteiger partial charge in [-0.25, -0.2) is 0 Å². The number of fused-ring (bicyclic) bond motifs is 1. The van der Waals surface area contributed by atoms with Crippen LogP contribution in [0.4, 0.5) is 0 Å². The number of benzene rings is 1. The summed E-state index contributed by atoms with van der Waals surface area (Å²) in [5.74, 6) is 0.954. The number of ether oxygens (including phenoxy) is 3. The SMILES string of the molecule is CCNC1c2ccccc2OCC1OCCOC. The second-order valence-electron chi connectivity index (χ2n) is 4.29. The van der Waals surface area contributed by atoms with E-state index in [0.717, 1.165) is 12.3 Å². The first kappa shape index (κ1) is 13.3. The van der Waals surface area contributed by atoms with Crippen molar-refractivity contribution >= 4 is 0 Å². The quantitative estimate of drug-likeness (QED) is 0.782. The van der Waals surface area contributed by atoms with Gasteiger partial charge in [-0.3, -0.25) is 0 Å². The van der Waals surface area contributed by atoms with Crippen molar-refractivity contribution in [1.29, 1.82) is 0 Å². The van der Waals surface area contributed by atoms with Crippen molar-refractivity contribution in [2.24, 2.45) is 0 Å². The normalized spacial score (nSPS) is 22.3. The fraction of sp³-hybridized carbons (Fsp3) is 0.571. The molecule has 2 unspecified atom stereocenters. The maximum Gasteiger partial charge on any atom is 0.124 e. The van der Waals surface area contributed by atoms with Gasteiger partial charge in [-0.2, -0.15) is 0 Å². The molecular formula is C14H21NO3. The van der Waals surface area contributed by atoms with Crippen molar-refractivity contribution in [3.8, 4) is 5.75 Å². The van der Waals surface area contributed by atoms with Crippen LogP contribution in [0.3, 0.4) is 0 Å². The summed E-state index contributed by atoms with van der Waals surface area (Å²) in [4.78, 5) is 0. The van der Waals surface area contributed by atoms with Crippen molar-refractivity contribution in [2.75, 3.05) is 33.5 Å². The highest BCUT2D eigenvalue weighted by atomic mass is 16.6. The molecule has 1 heterocycles. The summed E-state index contributed by atoms with van der Waals surface area (Å²) < 4.78 is 16.6. The third-order valence-corrected chi connectivity index (χ3v) is 3.07. The van der Waals surface area contributed by atoms with Gasteiger partial charge in [-0.05, 0) is 12.6 Å². The molecular weight excluding hydrogens is 230 g/mol. The summed E-state index contributed by atoms with van der Waals surface area (Å²) in [6.45, 7) is 4.79. The van der Waals surface area contributed by atoms with Crippen LogP contribution in [0.2, 0.25) is 0 Å². The third kappa shape index (κ3) is 3.02. The van der Waals surface area contributed by atoms with Crippen molar-refractivity contribution in [1.82, 2.24) is 5.32 Å².